The zero-order valence-electron chi connectivity index (χ0n) is 22.3. The minimum atomic E-state index is -1.02. The van der Waals surface area contributed by atoms with E-state index in [9.17, 15) is 19.2 Å². The Labute approximate surface area is 233 Å². The number of hydrogen-bond acceptors (Lipinski definition) is 7. The van der Waals surface area contributed by atoms with Crippen molar-refractivity contribution in [1.29, 1.82) is 0 Å². The number of carbonyl (C=O) groups is 4. The van der Waals surface area contributed by atoms with Gasteiger partial charge in [0, 0.05) is 19.4 Å². The summed E-state index contributed by atoms with van der Waals surface area (Å²) in [5.41, 5.74) is 2.51. The van der Waals surface area contributed by atoms with Crippen LogP contribution in [0.4, 0.5) is 4.79 Å². The van der Waals surface area contributed by atoms with E-state index in [1.165, 1.54) is 0 Å². The maximum Gasteiger partial charge on any atom is 0.407 e. The molecule has 0 fully saturated rings. The zero-order chi connectivity index (χ0) is 28.4. The van der Waals surface area contributed by atoms with E-state index in [0.717, 1.165) is 16.7 Å². The Morgan fingerprint density at radius 2 is 1.12 bits per heavy atom. The van der Waals surface area contributed by atoms with Crippen LogP contribution < -0.4 is 10.6 Å². The zero-order valence-corrected chi connectivity index (χ0v) is 22.3. The Hall–Kier alpha value is -4.66. The molecule has 0 aliphatic heterocycles. The van der Waals surface area contributed by atoms with Gasteiger partial charge in [0.05, 0.1) is 0 Å². The fraction of sp³-hybridized carbons (Fsp3) is 0.290. The van der Waals surface area contributed by atoms with Crippen molar-refractivity contribution in [3.8, 4) is 0 Å². The highest BCUT2D eigenvalue weighted by Crippen LogP contribution is 2.09. The first-order valence-electron chi connectivity index (χ1n) is 13.1. The predicted molar refractivity (Wildman–Crippen MR) is 148 cm³/mol. The van der Waals surface area contributed by atoms with Gasteiger partial charge in [-0.1, -0.05) is 91.0 Å². The standard InChI is InChI=1S/C31H34N2O7/c34-28(17-10-20-32-31(37)40-23-26-15-8-3-9-16-26)33-27(30(36)39-22-25-13-6-2-7-14-25)18-19-29(35)38-21-24-11-4-1-5-12-24/h1-9,11-16,27H,10,17-23H2,(H,32,37)(H,33,34)/t27-/m1/s1. The highest BCUT2D eigenvalue weighted by atomic mass is 16.5. The minimum absolute atomic E-state index is 0.0248. The number of carbonyl (C=O) groups excluding carboxylic acids is 4. The average Bonchev–Trinajstić information content (AvgIpc) is 2.99. The number of benzene rings is 3. The van der Waals surface area contributed by atoms with Gasteiger partial charge in [-0.2, -0.15) is 0 Å². The lowest BCUT2D eigenvalue weighted by Gasteiger charge is -2.18. The molecule has 3 aromatic carbocycles. The van der Waals surface area contributed by atoms with Gasteiger partial charge >= 0.3 is 18.0 Å². The smallest absolute Gasteiger partial charge is 0.407 e. The summed E-state index contributed by atoms with van der Waals surface area (Å²) >= 11 is 0. The molecule has 0 bridgehead atoms. The molecule has 3 aromatic rings. The molecule has 0 spiro atoms. The van der Waals surface area contributed by atoms with Crippen LogP contribution in [0.2, 0.25) is 0 Å². The van der Waals surface area contributed by atoms with E-state index in [0.29, 0.717) is 6.42 Å². The van der Waals surface area contributed by atoms with Crippen molar-refractivity contribution in [2.45, 2.75) is 51.5 Å². The summed E-state index contributed by atoms with van der Waals surface area (Å²) in [6.07, 6.45) is -0.248. The van der Waals surface area contributed by atoms with Crippen LogP contribution in [-0.4, -0.2) is 36.5 Å². The van der Waals surface area contributed by atoms with E-state index in [2.05, 4.69) is 10.6 Å². The summed E-state index contributed by atoms with van der Waals surface area (Å²) in [5, 5.41) is 5.25. The molecule has 210 valence electrons. The second kappa shape index (κ2) is 17.0. The molecule has 2 N–H and O–H groups in total. The van der Waals surface area contributed by atoms with Crippen molar-refractivity contribution in [2.75, 3.05) is 6.54 Å². The van der Waals surface area contributed by atoms with Crippen molar-refractivity contribution in [3.63, 3.8) is 0 Å². The van der Waals surface area contributed by atoms with Crippen molar-refractivity contribution in [3.05, 3.63) is 108 Å². The Bertz CT molecular complexity index is 1200. The predicted octanol–water partition coefficient (Wildman–Crippen LogP) is 4.44. The molecule has 0 heterocycles. The van der Waals surface area contributed by atoms with Gasteiger partial charge in [-0.15, -0.1) is 0 Å². The second-order valence-electron chi connectivity index (χ2n) is 8.99. The van der Waals surface area contributed by atoms with E-state index < -0.39 is 30.0 Å². The van der Waals surface area contributed by atoms with Crippen molar-refractivity contribution >= 4 is 23.9 Å². The molecular weight excluding hydrogens is 512 g/mol. The van der Waals surface area contributed by atoms with Gasteiger partial charge in [-0.3, -0.25) is 9.59 Å². The Kier molecular flexibility index (Phi) is 12.7. The van der Waals surface area contributed by atoms with Gasteiger partial charge in [-0.05, 0) is 29.5 Å². The van der Waals surface area contributed by atoms with Crippen molar-refractivity contribution in [2.24, 2.45) is 0 Å². The molecule has 9 heteroatoms. The van der Waals surface area contributed by atoms with E-state index in [-0.39, 0.29) is 45.6 Å². The number of amides is 2. The van der Waals surface area contributed by atoms with Gasteiger partial charge < -0.3 is 24.8 Å². The van der Waals surface area contributed by atoms with E-state index in [1.807, 2.05) is 91.0 Å². The van der Waals surface area contributed by atoms with Gasteiger partial charge in [-0.25, -0.2) is 9.59 Å². The van der Waals surface area contributed by atoms with Crippen LogP contribution in [-0.2, 0) is 48.4 Å². The molecule has 0 saturated carbocycles. The molecule has 0 aliphatic carbocycles. The van der Waals surface area contributed by atoms with Gasteiger partial charge in [0.15, 0.2) is 0 Å². The molecule has 1 atom stereocenters. The van der Waals surface area contributed by atoms with Gasteiger partial charge in [0.2, 0.25) is 5.91 Å². The molecule has 9 nitrogen and oxygen atoms in total. The maximum absolute atomic E-state index is 12.8. The Morgan fingerprint density at radius 3 is 1.68 bits per heavy atom. The molecule has 0 radical (unpaired) electrons. The molecule has 0 unspecified atom stereocenters. The normalized spacial score (nSPS) is 11.1. The quantitative estimate of drug-likeness (QED) is 0.164. The highest BCUT2D eigenvalue weighted by molar-refractivity contribution is 5.85. The summed E-state index contributed by atoms with van der Waals surface area (Å²) in [4.78, 5) is 49.5. The number of alkyl carbamates (subject to hydrolysis) is 1. The molecule has 3 rings (SSSR count). The third kappa shape index (κ3) is 11.8. The Morgan fingerprint density at radius 1 is 0.625 bits per heavy atom. The lowest BCUT2D eigenvalue weighted by atomic mass is 10.1. The molecule has 0 aliphatic rings. The summed E-state index contributed by atoms with van der Waals surface area (Å²) in [6.45, 7) is 0.527. The maximum atomic E-state index is 12.8. The van der Waals surface area contributed by atoms with Crippen LogP contribution in [0.1, 0.15) is 42.4 Å². The monoisotopic (exact) mass is 546 g/mol. The number of esters is 2. The summed E-state index contributed by atoms with van der Waals surface area (Å²) in [7, 11) is 0. The minimum Gasteiger partial charge on any atom is -0.461 e. The number of hydrogen-bond donors (Lipinski definition) is 2. The number of ether oxygens (including phenoxy) is 3. The fourth-order valence-electron chi connectivity index (χ4n) is 3.63. The first-order valence-corrected chi connectivity index (χ1v) is 13.1. The fourth-order valence-corrected chi connectivity index (χ4v) is 3.63. The van der Waals surface area contributed by atoms with Crippen LogP contribution in [0.25, 0.3) is 0 Å². The molecule has 0 saturated heterocycles. The Balaban J connectivity index is 1.42. The summed E-state index contributed by atoms with van der Waals surface area (Å²) in [6, 6.07) is 26.7. The van der Waals surface area contributed by atoms with Crippen LogP contribution >= 0.6 is 0 Å². The summed E-state index contributed by atoms with van der Waals surface area (Å²) < 4.78 is 15.8. The summed E-state index contributed by atoms with van der Waals surface area (Å²) in [5.74, 6) is -1.54. The number of rotatable bonds is 15. The average molecular weight is 547 g/mol. The van der Waals surface area contributed by atoms with Crippen LogP contribution in [0.5, 0.6) is 0 Å². The molecule has 0 aromatic heterocycles. The third-order valence-electron chi connectivity index (χ3n) is 5.79. The third-order valence-corrected chi connectivity index (χ3v) is 5.79. The largest absolute Gasteiger partial charge is 0.461 e. The topological polar surface area (TPSA) is 120 Å². The molecule has 2 amide bonds. The van der Waals surface area contributed by atoms with E-state index in [1.54, 1.807) is 0 Å². The molecular formula is C31H34N2O7. The lowest BCUT2D eigenvalue weighted by molar-refractivity contribution is -0.150. The molecule has 40 heavy (non-hydrogen) atoms. The lowest BCUT2D eigenvalue weighted by Crippen LogP contribution is -2.42. The van der Waals surface area contributed by atoms with Crippen LogP contribution in [0.15, 0.2) is 91.0 Å². The van der Waals surface area contributed by atoms with Crippen molar-refractivity contribution in [1.82, 2.24) is 10.6 Å². The van der Waals surface area contributed by atoms with Crippen LogP contribution in [0.3, 0.4) is 0 Å². The first kappa shape index (κ1) is 29.9. The van der Waals surface area contributed by atoms with Gasteiger partial charge in [0.25, 0.3) is 0 Å². The van der Waals surface area contributed by atoms with Crippen LogP contribution in [0, 0.1) is 0 Å². The number of nitrogens with one attached hydrogen (secondary N) is 2. The van der Waals surface area contributed by atoms with E-state index >= 15 is 0 Å². The van der Waals surface area contributed by atoms with E-state index in [4.69, 9.17) is 14.2 Å². The second-order valence-corrected chi connectivity index (χ2v) is 8.99. The SMILES string of the molecule is O=C(CCCNC(=O)OCc1ccccc1)N[C@H](CCC(=O)OCc1ccccc1)C(=O)OCc1ccccc1. The highest BCUT2D eigenvalue weighted by Gasteiger charge is 2.24. The van der Waals surface area contributed by atoms with Crippen molar-refractivity contribution < 1.29 is 33.4 Å². The first-order chi connectivity index (χ1) is 19.5. The van der Waals surface area contributed by atoms with Gasteiger partial charge in [0.1, 0.15) is 25.9 Å².